The van der Waals surface area contributed by atoms with Gasteiger partial charge in [-0.2, -0.15) is 0 Å². The number of rotatable bonds is 2. The van der Waals surface area contributed by atoms with E-state index in [4.69, 9.17) is 21.7 Å². The van der Waals surface area contributed by atoms with Crippen LogP contribution in [0, 0.1) is 0 Å². The Morgan fingerprint density at radius 2 is 1.58 bits per heavy atom. The zero-order valence-corrected chi connectivity index (χ0v) is 15.6. The summed E-state index contributed by atoms with van der Waals surface area (Å²) in [4.78, 5) is 2.21. The van der Waals surface area contributed by atoms with Gasteiger partial charge in [-0.15, -0.1) is 0 Å². The lowest BCUT2D eigenvalue weighted by Crippen LogP contribution is -2.52. The van der Waals surface area contributed by atoms with Crippen LogP contribution in [-0.2, 0) is 9.47 Å². The summed E-state index contributed by atoms with van der Waals surface area (Å²) in [5.41, 5.74) is 3.37. The van der Waals surface area contributed by atoms with Crippen molar-refractivity contribution in [3.63, 3.8) is 0 Å². The highest BCUT2D eigenvalue weighted by Crippen LogP contribution is 2.32. The van der Waals surface area contributed by atoms with Gasteiger partial charge in [-0.25, -0.2) is 0 Å². The Labute approximate surface area is 160 Å². The topological polar surface area (TPSA) is 33.7 Å². The Balaban J connectivity index is 1.43. The molecule has 0 radical (unpaired) electrons. The molecular formula is C21H24N2O2S. The molecule has 26 heavy (non-hydrogen) atoms. The van der Waals surface area contributed by atoms with Crippen LogP contribution in [0.25, 0.3) is 11.1 Å². The summed E-state index contributed by atoms with van der Waals surface area (Å²) >= 11 is 5.69. The number of piperidine rings is 1. The highest BCUT2D eigenvalue weighted by Gasteiger charge is 2.38. The zero-order valence-electron chi connectivity index (χ0n) is 14.8. The second-order valence-electron chi connectivity index (χ2n) is 6.79. The molecule has 0 aromatic heterocycles. The molecule has 0 saturated carbocycles. The quantitative estimate of drug-likeness (QED) is 0.800. The van der Waals surface area contributed by atoms with Gasteiger partial charge in [0.25, 0.3) is 0 Å². The van der Waals surface area contributed by atoms with E-state index in [1.165, 1.54) is 5.56 Å². The minimum Gasteiger partial charge on any atom is -0.350 e. The maximum atomic E-state index is 5.92. The third-order valence-electron chi connectivity index (χ3n) is 5.08. The third-order valence-corrected chi connectivity index (χ3v) is 5.45. The summed E-state index contributed by atoms with van der Waals surface area (Å²) in [6.45, 7) is 3.29. The highest BCUT2D eigenvalue weighted by molar-refractivity contribution is 7.80. The summed E-state index contributed by atoms with van der Waals surface area (Å²) in [6.07, 6.45) is 2.70. The summed E-state index contributed by atoms with van der Waals surface area (Å²) in [7, 11) is 0. The number of para-hydroxylation sites is 1. The van der Waals surface area contributed by atoms with Crippen LogP contribution in [0.2, 0.25) is 0 Å². The van der Waals surface area contributed by atoms with Gasteiger partial charge in [0, 0.05) is 37.2 Å². The lowest BCUT2D eigenvalue weighted by atomic mass is 10.0. The van der Waals surface area contributed by atoms with Crippen molar-refractivity contribution in [1.82, 2.24) is 4.90 Å². The van der Waals surface area contributed by atoms with Gasteiger partial charge in [0.05, 0.1) is 13.2 Å². The SMILES string of the molecule is S=C(Nc1ccccc1-c1ccccc1)N1CCC2(CC1)OCCCO2. The van der Waals surface area contributed by atoms with Crippen LogP contribution in [0.1, 0.15) is 19.3 Å². The molecule has 2 heterocycles. The Bertz CT molecular complexity index is 750. The molecule has 0 bridgehead atoms. The first-order valence-electron chi connectivity index (χ1n) is 9.24. The number of thiocarbonyl (C=S) groups is 1. The number of nitrogens with zero attached hydrogens (tertiary/aromatic N) is 1. The first kappa shape index (κ1) is 17.5. The predicted molar refractivity (Wildman–Crippen MR) is 108 cm³/mol. The molecule has 4 rings (SSSR count). The van der Waals surface area contributed by atoms with E-state index in [1.54, 1.807) is 0 Å². The van der Waals surface area contributed by atoms with Crippen LogP contribution >= 0.6 is 12.2 Å². The van der Waals surface area contributed by atoms with E-state index < -0.39 is 0 Å². The molecular weight excluding hydrogens is 344 g/mol. The van der Waals surface area contributed by atoms with Crippen molar-refractivity contribution in [1.29, 1.82) is 0 Å². The molecule has 1 N–H and O–H groups in total. The van der Waals surface area contributed by atoms with Gasteiger partial charge in [-0.05, 0) is 30.3 Å². The molecule has 2 aromatic rings. The molecule has 2 aromatic carbocycles. The minimum absolute atomic E-state index is 0.383. The zero-order chi connectivity index (χ0) is 17.8. The Morgan fingerprint density at radius 1 is 0.923 bits per heavy atom. The van der Waals surface area contributed by atoms with Crippen molar-refractivity contribution in [3.05, 3.63) is 54.6 Å². The van der Waals surface area contributed by atoms with Crippen molar-refractivity contribution in [2.75, 3.05) is 31.6 Å². The van der Waals surface area contributed by atoms with Crippen LogP contribution in [0.5, 0.6) is 0 Å². The number of hydrogen-bond acceptors (Lipinski definition) is 3. The number of anilines is 1. The molecule has 0 amide bonds. The minimum atomic E-state index is -0.383. The molecule has 2 saturated heterocycles. The van der Waals surface area contributed by atoms with E-state index >= 15 is 0 Å². The second-order valence-corrected chi connectivity index (χ2v) is 7.18. The summed E-state index contributed by atoms with van der Waals surface area (Å²) in [5.74, 6) is -0.383. The van der Waals surface area contributed by atoms with E-state index in [9.17, 15) is 0 Å². The van der Waals surface area contributed by atoms with E-state index in [0.29, 0.717) is 0 Å². The Morgan fingerprint density at radius 3 is 2.31 bits per heavy atom. The normalized spacial score (nSPS) is 19.3. The molecule has 136 valence electrons. The summed E-state index contributed by atoms with van der Waals surface area (Å²) in [6, 6.07) is 18.7. The molecule has 0 atom stereocenters. The number of ether oxygens (including phenoxy) is 2. The van der Waals surface area contributed by atoms with Crippen LogP contribution in [0.3, 0.4) is 0 Å². The molecule has 2 fully saturated rings. The van der Waals surface area contributed by atoms with Gasteiger partial charge >= 0.3 is 0 Å². The van der Waals surface area contributed by atoms with Gasteiger partial charge in [0.1, 0.15) is 0 Å². The molecule has 0 aliphatic carbocycles. The smallest absolute Gasteiger partial charge is 0.173 e. The number of hydrogen-bond donors (Lipinski definition) is 1. The largest absolute Gasteiger partial charge is 0.350 e. The molecule has 5 heteroatoms. The fraction of sp³-hybridized carbons (Fsp3) is 0.381. The van der Waals surface area contributed by atoms with Crippen LogP contribution in [-0.4, -0.2) is 42.1 Å². The Hall–Kier alpha value is -1.95. The Kier molecular flexibility index (Phi) is 5.20. The number of nitrogens with one attached hydrogen (secondary N) is 1. The van der Waals surface area contributed by atoms with Crippen molar-refractivity contribution in [2.24, 2.45) is 0 Å². The number of benzene rings is 2. The molecule has 4 nitrogen and oxygen atoms in total. The van der Waals surface area contributed by atoms with Crippen LogP contribution in [0.15, 0.2) is 54.6 Å². The van der Waals surface area contributed by atoms with Crippen molar-refractivity contribution < 1.29 is 9.47 Å². The first-order valence-corrected chi connectivity index (χ1v) is 9.65. The van der Waals surface area contributed by atoms with E-state index in [2.05, 4.69) is 52.7 Å². The summed E-state index contributed by atoms with van der Waals surface area (Å²) < 4.78 is 11.8. The third kappa shape index (κ3) is 3.75. The maximum absolute atomic E-state index is 5.92. The van der Waals surface area contributed by atoms with Crippen molar-refractivity contribution >= 4 is 23.0 Å². The van der Waals surface area contributed by atoms with Gasteiger partial charge in [-0.1, -0.05) is 48.5 Å². The molecule has 2 aliphatic heterocycles. The van der Waals surface area contributed by atoms with Gasteiger partial charge in [0.2, 0.25) is 0 Å². The van der Waals surface area contributed by atoms with Crippen LogP contribution in [0.4, 0.5) is 5.69 Å². The highest BCUT2D eigenvalue weighted by atomic mass is 32.1. The lowest BCUT2D eigenvalue weighted by molar-refractivity contribution is -0.281. The summed E-state index contributed by atoms with van der Waals surface area (Å²) in [5, 5.41) is 4.21. The van der Waals surface area contributed by atoms with Crippen molar-refractivity contribution in [2.45, 2.75) is 25.0 Å². The van der Waals surface area contributed by atoms with Crippen molar-refractivity contribution in [3.8, 4) is 11.1 Å². The fourth-order valence-corrected chi connectivity index (χ4v) is 3.90. The lowest BCUT2D eigenvalue weighted by Gasteiger charge is -2.44. The van der Waals surface area contributed by atoms with E-state index in [0.717, 1.165) is 61.9 Å². The van der Waals surface area contributed by atoms with Gasteiger partial charge in [0.15, 0.2) is 10.9 Å². The molecule has 0 unspecified atom stereocenters. The maximum Gasteiger partial charge on any atom is 0.173 e. The monoisotopic (exact) mass is 368 g/mol. The fourth-order valence-electron chi connectivity index (χ4n) is 3.61. The number of likely N-dealkylation sites (tertiary alicyclic amines) is 1. The van der Waals surface area contributed by atoms with E-state index in [-0.39, 0.29) is 5.79 Å². The van der Waals surface area contributed by atoms with Crippen LogP contribution < -0.4 is 5.32 Å². The average Bonchev–Trinajstić information content (AvgIpc) is 2.70. The first-order chi connectivity index (χ1) is 12.8. The molecule has 2 aliphatic rings. The second kappa shape index (κ2) is 7.74. The molecule has 1 spiro atoms. The van der Waals surface area contributed by atoms with Gasteiger partial charge in [-0.3, -0.25) is 0 Å². The average molecular weight is 369 g/mol. The van der Waals surface area contributed by atoms with Gasteiger partial charge < -0.3 is 19.7 Å². The van der Waals surface area contributed by atoms with E-state index in [1.807, 2.05) is 12.1 Å². The standard InChI is InChI=1S/C21H24N2O2S/c26-20(23-13-11-21(12-14-23)24-15-6-16-25-21)22-19-10-5-4-9-18(19)17-7-2-1-3-8-17/h1-5,7-10H,6,11-16H2,(H,22,26). The predicted octanol–water partition coefficient (Wildman–Crippen LogP) is 4.28.